The number of benzene rings is 3. The van der Waals surface area contributed by atoms with Gasteiger partial charge in [0.15, 0.2) is 5.78 Å². The zero-order valence-electron chi connectivity index (χ0n) is 18.6. The van der Waals surface area contributed by atoms with Crippen LogP contribution in [0.15, 0.2) is 84.1 Å². The summed E-state index contributed by atoms with van der Waals surface area (Å²) in [6.45, 7) is 3.53. The van der Waals surface area contributed by atoms with Gasteiger partial charge in [0.2, 0.25) is 5.91 Å². The van der Waals surface area contributed by atoms with E-state index < -0.39 is 6.04 Å². The van der Waals surface area contributed by atoms with Gasteiger partial charge < -0.3 is 5.32 Å². The lowest BCUT2D eigenvalue weighted by Gasteiger charge is -2.34. The van der Waals surface area contributed by atoms with Crippen LogP contribution in [0.3, 0.4) is 0 Å². The Labute approximate surface area is 192 Å². The van der Waals surface area contributed by atoms with Crippen LogP contribution in [0.5, 0.6) is 0 Å². The number of fused-ring (bicyclic) bond motifs is 1. The quantitative estimate of drug-likeness (QED) is 0.527. The number of anilines is 2. The number of nitrogens with zero attached hydrogens (tertiary/aromatic N) is 1. The van der Waals surface area contributed by atoms with Crippen molar-refractivity contribution in [2.75, 3.05) is 10.2 Å². The van der Waals surface area contributed by atoms with Gasteiger partial charge >= 0.3 is 0 Å². The predicted octanol–water partition coefficient (Wildman–Crippen LogP) is 6.05. The van der Waals surface area contributed by atoms with Gasteiger partial charge in [0.05, 0.1) is 17.4 Å². The Hall–Kier alpha value is -3.73. The summed E-state index contributed by atoms with van der Waals surface area (Å²) in [5.74, 6) is -0.775. The molecule has 0 fully saturated rings. The molecule has 4 nitrogen and oxygen atoms in total. The number of halogens is 1. The zero-order chi connectivity index (χ0) is 23.1. The molecule has 0 saturated carbocycles. The maximum atomic E-state index is 14.6. The highest BCUT2D eigenvalue weighted by atomic mass is 19.1. The topological polar surface area (TPSA) is 49.4 Å². The van der Waals surface area contributed by atoms with E-state index in [2.05, 4.69) is 5.32 Å². The highest BCUT2D eigenvalue weighted by Crippen LogP contribution is 2.47. The first kappa shape index (κ1) is 21.1. The molecule has 5 heteroatoms. The molecule has 166 valence electrons. The predicted molar refractivity (Wildman–Crippen MR) is 128 cm³/mol. The molecule has 0 radical (unpaired) electrons. The number of rotatable bonds is 2. The number of hydrogen-bond donors (Lipinski definition) is 1. The third-order valence-electron chi connectivity index (χ3n) is 6.57. The van der Waals surface area contributed by atoms with E-state index in [0.29, 0.717) is 17.6 Å². The fourth-order valence-corrected chi connectivity index (χ4v) is 5.03. The Bertz CT molecular complexity index is 1280. The Morgan fingerprint density at radius 3 is 2.39 bits per heavy atom. The minimum absolute atomic E-state index is 0.0679. The molecule has 2 atom stereocenters. The molecule has 3 aromatic carbocycles. The van der Waals surface area contributed by atoms with Gasteiger partial charge in [-0.15, -0.1) is 0 Å². The first-order valence-corrected chi connectivity index (χ1v) is 11.2. The average Bonchev–Trinajstić information content (AvgIpc) is 2.94. The summed E-state index contributed by atoms with van der Waals surface area (Å²) < 4.78 is 14.6. The van der Waals surface area contributed by atoms with Crippen LogP contribution >= 0.6 is 0 Å². The molecule has 5 rings (SSSR count). The number of nitrogens with one attached hydrogen (secondary N) is 1. The van der Waals surface area contributed by atoms with Crippen molar-refractivity contribution >= 4 is 23.1 Å². The van der Waals surface area contributed by atoms with Crippen LogP contribution in [0.1, 0.15) is 48.4 Å². The number of carbonyl (C=O) groups is 2. The van der Waals surface area contributed by atoms with E-state index >= 15 is 0 Å². The fraction of sp³-hybridized carbons (Fsp3) is 0.214. The minimum Gasteiger partial charge on any atom is -0.357 e. The Kier molecular flexibility index (Phi) is 5.33. The standard InChI is InChI=1S/C28H25FN2O2/c1-17-11-13-19(14-12-17)28-27-24(30-23-9-5-6-10-25(23)31(28)18(2)32)15-20(16-26(27)33)21-7-3-4-8-22(21)29/h3-14,20,28,30H,15-16H2,1-2H3/t20-,28-/m1/s1. The maximum absolute atomic E-state index is 14.6. The van der Waals surface area contributed by atoms with Gasteiger partial charge in [-0.1, -0.05) is 60.2 Å². The number of amides is 1. The first-order chi connectivity index (χ1) is 15.9. The number of allylic oxidation sites excluding steroid dienone is 1. The second kappa shape index (κ2) is 8.32. The smallest absolute Gasteiger partial charge is 0.224 e. The highest BCUT2D eigenvalue weighted by molar-refractivity contribution is 6.06. The van der Waals surface area contributed by atoms with E-state index in [1.165, 1.54) is 13.0 Å². The number of aryl methyl sites for hydroxylation is 1. The van der Waals surface area contributed by atoms with Crippen molar-refractivity contribution in [3.05, 3.63) is 107 Å². The van der Waals surface area contributed by atoms with Crippen molar-refractivity contribution in [2.24, 2.45) is 0 Å². The fourth-order valence-electron chi connectivity index (χ4n) is 5.03. The molecule has 0 saturated heterocycles. The van der Waals surface area contributed by atoms with Crippen LogP contribution in [0.4, 0.5) is 15.8 Å². The van der Waals surface area contributed by atoms with Gasteiger partial charge in [0.1, 0.15) is 5.82 Å². The van der Waals surface area contributed by atoms with Crippen molar-refractivity contribution in [3.8, 4) is 0 Å². The Morgan fingerprint density at radius 2 is 1.67 bits per heavy atom. The lowest BCUT2D eigenvalue weighted by Crippen LogP contribution is -2.37. The lowest BCUT2D eigenvalue weighted by atomic mass is 9.78. The van der Waals surface area contributed by atoms with Gasteiger partial charge in [-0.05, 0) is 48.6 Å². The summed E-state index contributed by atoms with van der Waals surface area (Å²) in [4.78, 5) is 28.4. The van der Waals surface area contributed by atoms with Crippen molar-refractivity contribution in [2.45, 2.75) is 38.6 Å². The molecule has 0 unspecified atom stereocenters. The molecule has 1 N–H and O–H groups in total. The normalized spacial score (nSPS) is 20.0. The summed E-state index contributed by atoms with van der Waals surface area (Å²) in [6, 6.07) is 21.6. The zero-order valence-corrected chi connectivity index (χ0v) is 18.6. The number of ketones is 1. The summed E-state index contributed by atoms with van der Waals surface area (Å²) in [6.07, 6.45) is 0.691. The van der Waals surface area contributed by atoms with Crippen LogP contribution in [0, 0.1) is 12.7 Å². The van der Waals surface area contributed by atoms with E-state index in [9.17, 15) is 14.0 Å². The highest BCUT2D eigenvalue weighted by Gasteiger charge is 2.41. The SMILES string of the molecule is CC(=O)N1c2ccccc2NC2=C(C(=O)C[C@H](c3ccccc3F)C2)[C@H]1c1ccc(C)cc1. The average molecular weight is 441 g/mol. The van der Waals surface area contributed by atoms with Crippen LogP contribution in [-0.4, -0.2) is 11.7 Å². The second-order valence-electron chi connectivity index (χ2n) is 8.79. The summed E-state index contributed by atoms with van der Waals surface area (Å²) in [5.41, 5.74) is 5.34. The van der Waals surface area contributed by atoms with Crippen molar-refractivity contribution in [1.29, 1.82) is 0 Å². The van der Waals surface area contributed by atoms with E-state index in [-0.39, 0.29) is 29.8 Å². The maximum Gasteiger partial charge on any atom is 0.224 e. The Balaban J connectivity index is 1.71. The lowest BCUT2D eigenvalue weighted by molar-refractivity contribution is -0.117. The molecular formula is C28H25FN2O2. The molecule has 0 spiro atoms. The van der Waals surface area contributed by atoms with Gasteiger partial charge in [0.25, 0.3) is 0 Å². The minimum atomic E-state index is -0.552. The van der Waals surface area contributed by atoms with Gasteiger partial charge in [-0.25, -0.2) is 4.39 Å². The monoisotopic (exact) mass is 440 g/mol. The Morgan fingerprint density at radius 1 is 0.970 bits per heavy atom. The van der Waals surface area contributed by atoms with Crippen LogP contribution in [0.2, 0.25) is 0 Å². The molecule has 2 aliphatic rings. The number of para-hydroxylation sites is 2. The van der Waals surface area contributed by atoms with E-state index in [0.717, 1.165) is 28.2 Å². The molecule has 1 aliphatic heterocycles. The molecule has 0 bridgehead atoms. The van der Waals surface area contributed by atoms with Gasteiger partial charge in [0, 0.05) is 24.6 Å². The summed E-state index contributed by atoms with van der Waals surface area (Å²) in [5, 5.41) is 3.45. The number of hydrogen-bond acceptors (Lipinski definition) is 3. The van der Waals surface area contributed by atoms with Crippen molar-refractivity contribution in [1.82, 2.24) is 0 Å². The van der Waals surface area contributed by atoms with E-state index in [1.54, 1.807) is 23.1 Å². The molecule has 1 amide bonds. The third-order valence-corrected chi connectivity index (χ3v) is 6.57. The molecule has 3 aromatic rings. The molecule has 0 aromatic heterocycles. The van der Waals surface area contributed by atoms with E-state index in [1.807, 2.05) is 55.5 Å². The van der Waals surface area contributed by atoms with Crippen molar-refractivity contribution < 1.29 is 14.0 Å². The number of Topliss-reactive ketones (excluding diaryl/α,β-unsaturated/α-hetero) is 1. The van der Waals surface area contributed by atoms with E-state index in [4.69, 9.17) is 0 Å². The van der Waals surface area contributed by atoms with Crippen LogP contribution in [0.25, 0.3) is 0 Å². The largest absolute Gasteiger partial charge is 0.357 e. The number of carbonyl (C=O) groups excluding carboxylic acids is 2. The molecule has 33 heavy (non-hydrogen) atoms. The third kappa shape index (κ3) is 3.74. The van der Waals surface area contributed by atoms with Crippen molar-refractivity contribution in [3.63, 3.8) is 0 Å². The second-order valence-corrected chi connectivity index (χ2v) is 8.79. The van der Waals surface area contributed by atoms with Crippen LogP contribution in [-0.2, 0) is 9.59 Å². The molecule has 1 aliphatic carbocycles. The first-order valence-electron chi connectivity index (χ1n) is 11.2. The van der Waals surface area contributed by atoms with Gasteiger partial charge in [-0.2, -0.15) is 0 Å². The molecular weight excluding hydrogens is 415 g/mol. The van der Waals surface area contributed by atoms with Crippen LogP contribution < -0.4 is 10.2 Å². The summed E-state index contributed by atoms with van der Waals surface area (Å²) >= 11 is 0. The molecule has 1 heterocycles. The van der Waals surface area contributed by atoms with Gasteiger partial charge in [-0.3, -0.25) is 14.5 Å². The summed E-state index contributed by atoms with van der Waals surface area (Å²) in [7, 11) is 0.